The Morgan fingerprint density at radius 1 is 1.18 bits per heavy atom. The number of hydrogen-bond acceptors (Lipinski definition) is 2. The Bertz CT molecular complexity index is 682. The predicted molar refractivity (Wildman–Crippen MR) is 70.2 cm³/mol. The Labute approximate surface area is 98.7 Å². The van der Waals surface area contributed by atoms with E-state index in [2.05, 4.69) is 29.0 Å². The van der Waals surface area contributed by atoms with Gasteiger partial charge >= 0.3 is 0 Å². The van der Waals surface area contributed by atoms with Gasteiger partial charge in [-0.2, -0.15) is 5.10 Å². The van der Waals surface area contributed by atoms with Gasteiger partial charge in [-0.1, -0.05) is 38.5 Å². The van der Waals surface area contributed by atoms with Crippen molar-refractivity contribution in [2.75, 3.05) is 0 Å². The van der Waals surface area contributed by atoms with E-state index in [1.165, 1.54) is 6.42 Å². The van der Waals surface area contributed by atoms with E-state index in [1.54, 1.807) is 6.20 Å². The monoisotopic (exact) mass is 229 g/mol. The molecule has 0 spiro atoms. The first-order chi connectivity index (χ1) is 8.27. The molecule has 0 aliphatic heterocycles. The van der Waals surface area contributed by atoms with Crippen molar-refractivity contribution in [1.29, 1.82) is 0 Å². The number of benzene rings is 1. The zero-order valence-corrected chi connectivity index (χ0v) is 9.95. The lowest BCUT2D eigenvalue weighted by Crippen LogP contribution is -2.06. The van der Waals surface area contributed by atoms with Crippen LogP contribution in [0, 0.1) is 0 Å². The smallest absolute Gasteiger partial charge is 0.288 e. The molecule has 0 unspecified atom stereocenters. The molecule has 0 radical (unpaired) electrons. The van der Waals surface area contributed by atoms with Crippen LogP contribution in [0.15, 0.2) is 35.3 Å². The average molecular weight is 229 g/mol. The number of rotatable bonds is 0. The third-order valence-corrected chi connectivity index (χ3v) is 2.33. The van der Waals surface area contributed by atoms with E-state index >= 15 is 0 Å². The molecule has 2 heterocycles. The molecular weight excluding hydrogens is 214 g/mol. The van der Waals surface area contributed by atoms with E-state index < -0.39 is 0 Å². The van der Waals surface area contributed by atoms with Gasteiger partial charge in [-0.3, -0.25) is 4.79 Å². The fourth-order valence-corrected chi connectivity index (χ4v) is 1.69. The first-order valence-corrected chi connectivity index (χ1v) is 5.72. The van der Waals surface area contributed by atoms with Crippen LogP contribution in [-0.4, -0.2) is 15.2 Å². The molecule has 0 atom stereocenters. The van der Waals surface area contributed by atoms with Crippen molar-refractivity contribution in [2.45, 2.75) is 20.3 Å². The highest BCUT2D eigenvalue weighted by atomic mass is 16.1. The lowest BCUT2D eigenvalue weighted by Gasteiger charge is -1.87. The number of nitrogens with one attached hydrogen (secondary N) is 2. The number of nitrogens with zero attached hydrogens (tertiary/aromatic N) is 1. The zero-order valence-electron chi connectivity index (χ0n) is 9.95. The Balaban J connectivity index is 0.000000329. The van der Waals surface area contributed by atoms with Crippen LogP contribution in [0.25, 0.3) is 21.8 Å². The maximum atomic E-state index is 11.4. The molecule has 3 rings (SSSR count). The van der Waals surface area contributed by atoms with Gasteiger partial charge in [-0.15, -0.1) is 0 Å². The molecule has 0 saturated heterocycles. The Morgan fingerprint density at radius 2 is 1.88 bits per heavy atom. The third-order valence-electron chi connectivity index (χ3n) is 2.33. The van der Waals surface area contributed by atoms with Crippen molar-refractivity contribution in [1.82, 2.24) is 15.2 Å². The van der Waals surface area contributed by atoms with E-state index in [9.17, 15) is 4.79 Å². The minimum atomic E-state index is -0.182. The fraction of sp³-hybridized carbons (Fsp3) is 0.231. The minimum Gasteiger partial charge on any atom is -0.350 e. The van der Waals surface area contributed by atoms with Crippen LogP contribution in [0.2, 0.25) is 0 Å². The average Bonchev–Trinajstić information content (AvgIpc) is 2.71. The van der Waals surface area contributed by atoms with Crippen LogP contribution in [-0.2, 0) is 0 Å². The molecule has 2 aromatic heterocycles. The number of hydrogen-bond donors (Lipinski definition) is 2. The third kappa shape index (κ3) is 2.06. The standard InChI is InChI=1S/C10H7N3O.C3H8/c14-10-9-7(5-11-13-10)6-3-1-2-4-8(6)12-9;1-3-2/h1-5,12H,(H,13,14);3H2,1-2H3. The van der Waals surface area contributed by atoms with Crippen LogP contribution in [0.3, 0.4) is 0 Å². The number of aromatic nitrogens is 3. The van der Waals surface area contributed by atoms with E-state index in [-0.39, 0.29) is 5.56 Å². The summed E-state index contributed by atoms with van der Waals surface area (Å²) in [5.74, 6) is 0. The number of para-hydroxylation sites is 1. The molecule has 0 fully saturated rings. The topological polar surface area (TPSA) is 61.5 Å². The van der Waals surface area contributed by atoms with Crippen LogP contribution in [0.1, 0.15) is 20.3 Å². The van der Waals surface area contributed by atoms with Crippen molar-refractivity contribution in [2.24, 2.45) is 0 Å². The molecule has 2 N–H and O–H groups in total. The molecule has 0 aliphatic rings. The maximum absolute atomic E-state index is 11.4. The fourth-order valence-electron chi connectivity index (χ4n) is 1.69. The van der Waals surface area contributed by atoms with E-state index in [4.69, 9.17) is 0 Å². The highest BCUT2D eigenvalue weighted by Gasteiger charge is 2.05. The van der Waals surface area contributed by atoms with E-state index in [0.29, 0.717) is 5.52 Å². The molecule has 88 valence electrons. The quantitative estimate of drug-likeness (QED) is 0.622. The molecule has 1 aromatic carbocycles. The van der Waals surface area contributed by atoms with Crippen molar-refractivity contribution < 1.29 is 0 Å². The second-order valence-electron chi connectivity index (χ2n) is 3.87. The lowest BCUT2D eigenvalue weighted by molar-refractivity contribution is 1.01. The molecule has 0 amide bonds. The summed E-state index contributed by atoms with van der Waals surface area (Å²) in [6, 6.07) is 7.78. The normalized spacial score (nSPS) is 10.2. The van der Waals surface area contributed by atoms with E-state index in [1.807, 2.05) is 24.3 Å². The first kappa shape index (κ1) is 11.4. The zero-order chi connectivity index (χ0) is 12.3. The summed E-state index contributed by atoms with van der Waals surface area (Å²) in [7, 11) is 0. The molecule has 4 nitrogen and oxygen atoms in total. The lowest BCUT2D eigenvalue weighted by atomic mass is 10.2. The second-order valence-corrected chi connectivity index (χ2v) is 3.87. The summed E-state index contributed by atoms with van der Waals surface area (Å²) in [6.45, 7) is 4.25. The van der Waals surface area contributed by atoms with Gasteiger partial charge < -0.3 is 4.98 Å². The van der Waals surface area contributed by atoms with Crippen molar-refractivity contribution in [3.8, 4) is 0 Å². The summed E-state index contributed by atoms with van der Waals surface area (Å²) in [5.41, 5.74) is 1.36. The number of fused-ring (bicyclic) bond motifs is 3. The Morgan fingerprint density at radius 3 is 2.65 bits per heavy atom. The molecule has 4 heteroatoms. The SMILES string of the molecule is CCC.O=c1[nH]ncc2c1[nH]c1ccccc12. The van der Waals surface area contributed by atoms with Crippen molar-refractivity contribution >= 4 is 21.8 Å². The Hall–Kier alpha value is -2.10. The van der Waals surface area contributed by atoms with Gasteiger partial charge in [0, 0.05) is 16.3 Å². The van der Waals surface area contributed by atoms with Gasteiger partial charge in [0.05, 0.1) is 6.20 Å². The van der Waals surface area contributed by atoms with Crippen LogP contribution in [0.4, 0.5) is 0 Å². The van der Waals surface area contributed by atoms with Crippen molar-refractivity contribution in [3.63, 3.8) is 0 Å². The minimum absolute atomic E-state index is 0.182. The highest BCUT2D eigenvalue weighted by molar-refractivity contribution is 6.06. The summed E-state index contributed by atoms with van der Waals surface area (Å²) >= 11 is 0. The summed E-state index contributed by atoms with van der Waals surface area (Å²) < 4.78 is 0. The van der Waals surface area contributed by atoms with E-state index in [0.717, 1.165) is 16.3 Å². The number of aromatic amines is 2. The first-order valence-electron chi connectivity index (χ1n) is 5.72. The van der Waals surface area contributed by atoms with Crippen LogP contribution >= 0.6 is 0 Å². The van der Waals surface area contributed by atoms with Gasteiger partial charge in [0.2, 0.25) is 0 Å². The summed E-state index contributed by atoms with van der Waals surface area (Å²) in [4.78, 5) is 14.5. The molecule has 0 bridgehead atoms. The largest absolute Gasteiger partial charge is 0.350 e. The predicted octanol–water partition coefficient (Wildman–Crippen LogP) is 2.82. The summed E-state index contributed by atoms with van der Waals surface area (Å²) in [6.07, 6.45) is 2.91. The molecule has 0 aliphatic carbocycles. The molecule has 3 aromatic rings. The van der Waals surface area contributed by atoms with Crippen LogP contribution in [0.5, 0.6) is 0 Å². The van der Waals surface area contributed by atoms with Crippen LogP contribution < -0.4 is 5.56 Å². The van der Waals surface area contributed by atoms with Gasteiger partial charge in [0.1, 0.15) is 5.52 Å². The molecule has 0 saturated carbocycles. The Kier molecular flexibility index (Phi) is 3.23. The van der Waals surface area contributed by atoms with Crippen molar-refractivity contribution in [3.05, 3.63) is 40.8 Å². The molecular formula is C13H15N3O. The second kappa shape index (κ2) is 4.82. The van der Waals surface area contributed by atoms with Gasteiger partial charge in [0.15, 0.2) is 0 Å². The summed E-state index contributed by atoms with van der Waals surface area (Å²) in [5, 5.41) is 8.07. The number of H-pyrrole nitrogens is 2. The highest BCUT2D eigenvalue weighted by Crippen LogP contribution is 2.21. The van der Waals surface area contributed by atoms with Gasteiger partial charge in [-0.05, 0) is 6.07 Å². The van der Waals surface area contributed by atoms with Gasteiger partial charge in [0.25, 0.3) is 5.56 Å². The maximum Gasteiger partial charge on any atom is 0.288 e. The van der Waals surface area contributed by atoms with Gasteiger partial charge in [-0.25, -0.2) is 5.10 Å². The molecule has 17 heavy (non-hydrogen) atoms.